The van der Waals surface area contributed by atoms with E-state index in [9.17, 15) is 5.11 Å². The molecule has 0 aromatic heterocycles. The van der Waals surface area contributed by atoms with Gasteiger partial charge in [-0.2, -0.15) is 11.8 Å². The van der Waals surface area contributed by atoms with E-state index in [1.54, 1.807) is 0 Å². The summed E-state index contributed by atoms with van der Waals surface area (Å²) in [4.78, 5) is 0. The van der Waals surface area contributed by atoms with Gasteiger partial charge in [-0.1, -0.05) is 6.92 Å². The number of hydrogen-bond acceptors (Lipinski definition) is 3. The molecule has 0 aromatic carbocycles. The second kappa shape index (κ2) is 5.23. The van der Waals surface area contributed by atoms with E-state index >= 15 is 0 Å². The lowest BCUT2D eigenvalue weighted by Crippen LogP contribution is -2.37. The molecule has 2 atom stereocenters. The van der Waals surface area contributed by atoms with Crippen molar-refractivity contribution in [3.05, 3.63) is 0 Å². The van der Waals surface area contributed by atoms with E-state index < -0.39 is 0 Å². The molecule has 78 valence electrons. The summed E-state index contributed by atoms with van der Waals surface area (Å²) in [5.74, 6) is 1.30. The lowest BCUT2D eigenvalue weighted by atomic mass is 10.1. The first-order chi connectivity index (χ1) is 6.16. The molecule has 0 saturated carbocycles. The molecule has 1 aliphatic heterocycles. The minimum absolute atomic E-state index is 0.171. The number of hydrogen-bond donors (Lipinski definition) is 2. The van der Waals surface area contributed by atoms with E-state index in [0.29, 0.717) is 4.75 Å². The molecule has 0 spiro atoms. The molecule has 0 aliphatic carbocycles. The highest BCUT2D eigenvalue weighted by Crippen LogP contribution is 2.36. The van der Waals surface area contributed by atoms with Crippen LogP contribution in [0.4, 0.5) is 0 Å². The number of rotatable bonds is 5. The van der Waals surface area contributed by atoms with Gasteiger partial charge >= 0.3 is 0 Å². The van der Waals surface area contributed by atoms with Gasteiger partial charge in [0, 0.05) is 17.8 Å². The standard InChI is InChI=1S/C10H21NOS/c1-3-9(12)7-11-8-10(2)5-4-6-13-10/h9,11-12H,3-8H2,1-2H3. The lowest BCUT2D eigenvalue weighted by Gasteiger charge is -2.23. The highest BCUT2D eigenvalue weighted by molar-refractivity contribution is 8.00. The van der Waals surface area contributed by atoms with Crippen LogP contribution < -0.4 is 5.32 Å². The van der Waals surface area contributed by atoms with E-state index in [1.165, 1.54) is 18.6 Å². The molecule has 0 bridgehead atoms. The van der Waals surface area contributed by atoms with Gasteiger partial charge in [0.05, 0.1) is 6.10 Å². The molecular formula is C10H21NOS. The molecule has 1 aliphatic rings. The summed E-state index contributed by atoms with van der Waals surface area (Å²) in [5.41, 5.74) is 0. The molecule has 0 amide bonds. The minimum Gasteiger partial charge on any atom is -0.392 e. The third-order valence-electron chi connectivity index (χ3n) is 2.65. The van der Waals surface area contributed by atoms with Crippen molar-refractivity contribution in [3.8, 4) is 0 Å². The number of aliphatic hydroxyl groups is 1. The molecule has 0 aromatic rings. The van der Waals surface area contributed by atoms with Gasteiger partial charge in [0.15, 0.2) is 0 Å². The van der Waals surface area contributed by atoms with Crippen molar-refractivity contribution in [2.24, 2.45) is 0 Å². The van der Waals surface area contributed by atoms with Crippen LogP contribution in [0, 0.1) is 0 Å². The first kappa shape index (κ1) is 11.3. The quantitative estimate of drug-likeness (QED) is 0.712. The second-order valence-corrected chi connectivity index (χ2v) is 5.78. The van der Waals surface area contributed by atoms with Crippen molar-refractivity contribution < 1.29 is 5.11 Å². The van der Waals surface area contributed by atoms with Crippen LogP contribution in [-0.4, -0.2) is 34.8 Å². The Balaban J connectivity index is 2.11. The van der Waals surface area contributed by atoms with Crippen molar-refractivity contribution in [3.63, 3.8) is 0 Å². The van der Waals surface area contributed by atoms with Crippen LogP contribution in [0.3, 0.4) is 0 Å². The summed E-state index contributed by atoms with van der Waals surface area (Å²) >= 11 is 2.06. The van der Waals surface area contributed by atoms with Gasteiger partial charge in [-0.3, -0.25) is 0 Å². The van der Waals surface area contributed by atoms with Crippen molar-refractivity contribution in [1.82, 2.24) is 5.32 Å². The zero-order valence-corrected chi connectivity index (χ0v) is 9.49. The molecule has 3 heteroatoms. The average molecular weight is 203 g/mol. The second-order valence-electron chi connectivity index (χ2n) is 4.09. The van der Waals surface area contributed by atoms with Crippen molar-refractivity contribution >= 4 is 11.8 Å². The molecule has 2 N–H and O–H groups in total. The van der Waals surface area contributed by atoms with Crippen LogP contribution in [0.1, 0.15) is 33.1 Å². The monoisotopic (exact) mass is 203 g/mol. The molecule has 2 nitrogen and oxygen atoms in total. The topological polar surface area (TPSA) is 32.3 Å². The summed E-state index contributed by atoms with van der Waals surface area (Å²) < 4.78 is 0.424. The predicted octanol–water partition coefficient (Wildman–Crippen LogP) is 1.63. The SMILES string of the molecule is CCC(O)CNCC1(C)CCCS1. The Hall–Kier alpha value is 0.270. The highest BCUT2D eigenvalue weighted by atomic mass is 32.2. The summed E-state index contributed by atoms with van der Waals surface area (Å²) in [5, 5.41) is 12.7. The van der Waals surface area contributed by atoms with Gasteiger partial charge in [-0.15, -0.1) is 0 Å². The molecule has 13 heavy (non-hydrogen) atoms. The average Bonchev–Trinajstić information content (AvgIpc) is 2.52. The van der Waals surface area contributed by atoms with E-state index in [2.05, 4.69) is 24.0 Å². The summed E-state index contributed by atoms with van der Waals surface area (Å²) in [6.07, 6.45) is 3.33. The summed E-state index contributed by atoms with van der Waals surface area (Å²) in [7, 11) is 0. The van der Waals surface area contributed by atoms with E-state index in [-0.39, 0.29) is 6.10 Å². The van der Waals surface area contributed by atoms with Crippen LogP contribution in [0.25, 0.3) is 0 Å². The zero-order chi connectivity index (χ0) is 9.73. The van der Waals surface area contributed by atoms with Crippen molar-refractivity contribution in [2.75, 3.05) is 18.8 Å². The highest BCUT2D eigenvalue weighted by Gasteiger charge is 2.28. The van der Waals surface area contributed by atoms with Crippen LogP contribution >= 0.6 is 11.8 Å². The van der Waals surface area contributed by atoms with Gasteiger partial charge in [0.2, 0.25) is 0 Å². The smallest absolute Gasteiger partial charge is 0.0662 e. The van der Waals surface area contributed by atoms with Crippen molar-refractivity contribution in [1.29, 1.82) is 0 Å². The molecule has 1 saturated heterocycles. The van der Waals surface area contributed by atoms with Gasteiger partial charge in [-0.05, 0) is 31.9 Å². The van der Waals surface area contributed by atoms with E-state index in [0.717, 1.165) is 19.5 Å². The fourth-order valence-corrected chi connectivity index (χ4v) is 2.90. The van der Waals surface area contributed by atoms with Gasteiger partial charge in [0.25, 0.3) is 0 Å². The Morgan fingerprint density at radius 3 is 2.92 bits per heavy atom. The Labute approximate surface area is 85.5 Å². The minimum atomic E-state index is -0.171. The molecule has 1 heterocycles. The first-order valence-electron chi connectivity index (χ1n) is 5.19. The number of thioether (sulfide) groups is 1. The van der Waals surface area contributed by atoms with Crippen LogP contribution in [0.2, 0.25) is 0 Å². The summed E-state index contributed by atoms with van der Waals surface area (Å²) in [6.45, 7) is 6.11. The molecule has 2 unspecified atom stereocenters. The fraction of sp³-hybridized carbons (Fsp3) is 1.00. The Morgan fingerprint density at radius 2 is 2.38 bits per heavy atom. The fourth-order valence-electron chi connectivity index (χ4n) is 1.62. The zero-order valence-electron chi connectivity index (χ0n) is 8.68. The summed E-state index contributed by atoms with van der Waals surface area (Å²) in [6, 6.07) is 0. The van der Waals surface area contributed by atoms with E-state index in [1.807, 2.05) is 6.92 Å². The third kappa shape index (κ3) is 3.88. The third-order valence-corrected chi connectivity index (χ3v) is 4.19. The van der Waals surface area contributed by atoms with Crippen LogP contribution in [0.15, 0.2) is 0 Å². The normalized spacial score (nSPS) is 30.7. The maximum atomic E-state index is 9.35. The van der Waals surface area contributed by atoms with Gasteiger partial charge in [-0.25, -0.2) is 0 Å². The van der Waals surface area contributed by atoms with Crippen molar-refractivity contribution in [2.45, 2.75) is 44.0 Å². The van der Waals surface area contributed by atoms with Gasteiger partial charge in [0.1, 0.15) is 0 Å². The Bertz CT molecular complexity index is 146. The lowest BCUT2D eigenvalue weighted by molar-refractivity contribution is 0.166. The van der Waals surface area contributed by atoms with Crippen LogP contribution in [-0.2, 0) is 0 Å². The van der Waals surface area contributed by atoms with E-state index in [4.69, 9.17) is 0 Å². The molecule has 1 rings (SSSR count). The molecular weight excluding hydrogens is 182 g/mol. The molecule has 0 radical (unpaired) electrons. The number of nitrogens with one attached hydrogen (secondary N) is 1. The first-order valence-corrected chi connectivity index (χ1v) is 6.17. The largest absolute Gasteiger partial charge is 0.392 e. The number of aliphatic hydroxyl groups excluding tert-OH is 1. The van der Waals surface area contributed by atoms with Gasteiger partial charge < -0.3 is 10.4 Å². The maximum Gasteiger partial charge on any atom is 0.0662 e. The Morgan fingerprint density at radius 1 is 1.62 bits per heavy atom. The Kier molecular flexibility index (Phi) is 4.56. The van der Waals surface area contributed by atoms with Crippen LogP contribution in [0.5, 0.6) is 0 Å². The maximum absolute atomic E-state index is 9.35. The predicted molar refractivity (Wildman–Crippen MR) is 59.3 cm³/mol. The molecule has 1 fully saturated rings.